The quantitative estimate of drug-likeness (QED) is 0.532. The van der Waals surface area contributed by atoms with E-state index in [0.717, 1.165) is 31.5 Å². The van der Waals surface area contributed by atoms with Gasteiger partial charge in [0.1, 0.15) is 12.1 Å². The van der Waals surface area contributed by atoms with Gasteiger partial charge in [-0.15, -0.1) is 0 Å². The number of ether oxygens (including phenoxy) is 2. The number of methoxy groups -OCH3 is 1. The monoisotopic (exact) mass is 431 g/mol. The fourth-order valence-electron chi connectivity index (χ4n) is 5.60. The number of hydrogen-bond acceptors (Lipinski definition) is 6. The first-order valence-corrected chi connectivity index (χ1v) is 11.4. The van der Waals surface area contributed by atoms with Gasteiger partial charge in [-0.25, -0.2) is 0 Å². The number of carbonyl (C=O) groups excluding carboxylic acids is 2. The molecular formula is C25H37NO5. The molecule has 0 spiro atoms. The van der Waals surface area contributed by atoms with E-state index in [-0.39, 0.29) is 41.7 Å². The molecule has 0 amide bonds. The van der Waals surface area contributed by atoms with Gasteiger partial charge in [0.05, 0.1) is 19.1 Å². The van der Waals surface area contributed by atoms with Gasteiger partial charge in [0.15, 0.2) is 0 Å². The van der Waals surface area contributed by atoms with E-state index in [1.807, 2.05) is 13.8 Å². The number of esters is 2. The maximum atomic E-state index is 12.4. The van der Waals surface area contributed by atoms with Crippen LogP contribution in [0.2, 0.25) is 0 Å². The van der Waals surface area contributed by atoms with Crippen molar-refractivity contribution in [3.05, 3.63) is 29.7 Å². The molecule has 3 aliphatic rings. The van der Waals surface area contributed by atoms with Crippen LogP contribution in [-0.2, 0) is 19.1 Å². The zero-order valence-electron chi connectivity index (χ0n) is 19.7. The first-order valence-electron chi connectivity index (χ1n) is 11.4. The van der Waals surface area contributed by atoms with Crippen molar-refractivity contribution in [2.75, 3.05) is 20.2 Å². The number of aliphatic hydroxyl groups is 1. The molecule has 6 heteroatoms. The Morgan fingerprint density at radius 1 is 1.35 bits per heavy atom. The Hall–Kier alpha value is -1.66. The Labute approximate surface area is 186 Å². The van der Waals surface area contributed by atoms with Crippen LogP contribution < -0.4 is 0 Å². The molecular weight excluding hydrogens is 394 g/mol. The van der Waals surface area contributed by atoms with Gasteiger partial charge in [0, 0.05) is 25.9 Å². The summed E-state index contributed by atoms with van der Waals surface area (Å²) in [4.78, 5) is 26.1. The summed E-state index contributed by atoms with van der Waals surface area (Å²) in [5, 5.41) is 11.7. The second kappa shape index (κ2) is 9.45. The van der Waals surface area contributed by atoms with Gasteiger partial charge < -0.3 is 14.6 Å². The highest BCUT2D eigenvalue weighted by Crippen LogP contribution is 2.51. The summed E-state index contributed by atoms with van der Waals surface area (Å²) in [6.45, 7) is 11.1. The van der Waals surface area contributed by atoms with Gasteiger partial charge in [-0.2, -0.15) is 0 Å². The summed E-state index contributed by atoms with van der Waals surface area (Å²) in [5.41, 5.74) is 1.00. The molecule has 3 rings (SSSR count). The van der Waals surface area contributed by atoms with Crippen molar-refractivity contribution in [2.45, 2.75) is 71.6 Å². The Balaban J connectivity index is 1.81. The van der Waals surface area contributed by atoms with Crippen LogP contribution in [0.5, 0.6) is 0 Å². The summed E-state index contributed by atoms with van der Waals surface area (Å²) in [6, 6.07) is -0.256. The molecule has 2 aliphatic carbocycles. The van der Waals surface area contributed by atoms with Crippen molar-refractivity contribution in [2.24, 2.45) is 23.7 Å². The van der Waals surface area contributed by atoms with E-state index < -0.39 is 11.7 Å². The van der Waals surface area contributed by atoms with Gasteiger partial charge >= 0.3 is 11.9 Å². The number of hydrogen-bond donors (Lipinski definition) is 1. The van der Waals surface area contributed by atoms with Crippen LogP contribution in [0.3, 0.4) is 0 Å². The molecule has 0 aromatic heterocycles. The van der Waals surface area contributed by atoms with Gasteiger partial charge in [-0.1, -0.05) is 31.6 Å². The number of carbonyl (C=O) groups is 2. The fraction of sp³-hybridized carbons (Fsp3) is 0.720. The largest absolute Gasteiger partial charge is 0.468 e. The smallest absolute Gasteiger partial charge is 0.323 e. The third-order valence-electron chi connectivity index (χ3n) is 7.51. The topological polar surface area (TPSA) is 76.1 Å². The minimum atomic E-state index is -1.13. The Morgan fingerprint density at radius 2 is 2.06 bits per heavy atom. The summed E-state index contributed by atoms with van der Waals surface area (Å²) in [6.07, 6.45) is 9.50. The summed E-state index contributed by atoms with van der Waals surface area (Å²) >= 11 is 0. The zero-order chi connectivity index (χ0) is 22.9. The Bertz CT molecular complexity index is 759. The third-order valence-corrected chi connectivity index (χ3v) is 7.51. The van der Waals surface area contributed by atoms with Crippen LogP contribution in [0.15, 0.2) is 23.3 Å². The van der Waals surface area contributed by atoms with Crippen molar-refractivity contribution < 1.29 is 24.2 Å². The van der Waals surface area contributed by atoms with E-state index in [4.69, 9.17) is 9.47 Å². The molecule has 6 nitrogen and oxygen atoms in total. The molecule has 1 fully saturated rings. The molecule has 172 valence electrons. The first kappa shape index (κ1) is 24.0. The van der Waals surface area contributed by atoms with Crippen LogP contribution in [0, 0.1) is 30.1 Å². The molecule has 1 heterocycles. The molecule has 0 saturated heterocycles. The van der Waals surface area contributed by atoms with E-state index in [9.17, 15) is 14.7 Å². The van der Waals surface area contributed by atoms with Gasteiger partial charge in [-0.3, -0.25) is 14.5 Å². The molecule has 0 bridgehead atoms. The zero-order valence-corrected chi connectivity index (χ0v) is 19.7. The lowest BCUT2D eigenvalue weighted by atomic mass is 9.57. The molecule has 2 radical (unpaired) electrons. The van der Waals surface area contributed by atoms with Gasteiger partial charge in [-0.05, 0) is 56.4 Å². The van der Waals surface area contributed by atoms with Crippen molar-refractivity contribution in [3.8, 4) is 0 Å². The molecule has 0 aromatic carbocycles. The maximum Gasteiger partial charge on any atom is 0.323 e. The highest BCUT2D eigenvalue weighted by atomic mass is 16.5. The number of rotatable bonds is 5. The normalized spacial score (nSPS) is 37.2. The third kappa shape index (κ3) is 4.90. The van der Waals surface area contributed by atoms with Crippen LogP contribution in [0.25, 0.3) is 0 Å². The second-order valence-electron chi connectivity index (χ2n) is 9.76. The van der Waals surface area contributed by atoms with E-state index >= 15 is 0 Å². The van der Waals surface area contributed by atoms with Crippen molar-refractivity contribution in [1.82, 2.24) is 4.90 Å². The number of nitrogens with zero attached hydrogens (tertiary/aromatic N) is 1. The Kier molecular flexibility index (Phi) is 7.32. The summed E-state index contributed by atoms with van der Waals surface area (Å²) < 4.78 is 10.5. The molecule has 7 atom stereocenters. The lowest BCUT2D eigenvalue weighted by Gasteiger charge is -2.53. The standard InChI is InChI=1S/C25H37NO5/c1-15-9-10-26(22(11-15)24(28)30-6)14-17(3)20-8-7-18(4)25(29)13-23(31-19(5)27)16(2)12-21(20)25/h9,12,17-18,20-23,29H,7-8,10-11,14H2,1-6H3/t17-,18-,20+,21-,22+,23-,25-/m1/s1. The van der Waals surface area contributed by atoms with Crippen LogP contribution >= 0.6 is 0 Å². The molecule has 31 heavy (non-hydrogen) atoms. The Morgan fingerprint density at radius 3 is 2.71 bits per heavy atom. The maximum absolute atomic E-state index is 12.4. The summed E-state index contributed by atoms with van der Waals surface area (Å²) in [7, 11) is 1.45. The van der Waals surface area contributed by atoms with Crippen LogP contribution in [-0.4, -0.2) is 59.9 Å². The average Bonchev–Trinajstić information content (AvgIpc) is 2.70. The molecule has 1 aliphatic heterocycles. The lowest BCUT2D eigenvalue weighted by Crippen LogP contribution is -2.57. The van der Waals surface area contributed by atoms with E-state index in [0.29, 0.717) is 6.42 Å². The van der Waals surface area contributed by atoms with Crippen LogP contribution in [0.4, 0.5) is 0 Å². The molecule has 0 unspecified atom stereocenters. The highest BCUT2D eigenvalue weighted by Gasteiger charge is 2.53. The van der Waals surface area contributed by atoms with E-state index in [1.54, 1.807) is 0 Å². The molecule has 0 aromatic rings. The van der Waals surface area contributed by atoms with Crippen molar-refractivity contribution in [3.63, 3.8) is 0 Å². The lowest BCUT2D eigenvalue weighted by molar-refractivity contribution is -0.150. The van der Waals surface area contributed by atoms with Crippen molar-refractivity contribution >= 4 is 11.9 Å². The second-order valence-corrected chi connectivity index (χ2v) is 9.76. The average molecular weight is 432 g/mol. The van der Waals surface area contributed by atoms with E-state index in [2.05, 4.69) is 37.3 Å². The highest BCUT2D eigenvalue weighted by molar-refractivity contribution is 5.76. The van der Waals surface area contributed by atoms with Crippen LogP contribution in [0.1, 0.15) is 53.9 Å². The predicted octanol–water partition coefficient (Wildman–Crippen LogP) is 3.18. The number of fused-ring (bicyclic) bond motifs is 1. The molecule has 1 N–H and O–H groups in total. The van der Waals surface area contributed by atoms with Gasteiger partial charge in [0.2, 0.25) is 0 Å². The SMILES string of the molecule is COC(=O)[C@@H]1CC(C)=CCN1C[C@@H](C)[C@@H]1CC[C@@H](C)[C@]2(O)[C][C@@H](OC(C)=O)C(C)=C[C@H]12. The van der Waals surface area contributed by atoms with Crippen molar-refractivity contribution in [1.29, 1.82) is 0 Å². The first-order chi connectivity index (χ1) is 14.6. The minimum absolute atomic E-state index is 0.0340. The fourth-order valence-corrected chi connectivity index (χ4v) is 5.60. The van der Waals surface area contributed by atoms with Gasteiger partial charge in [0.25, 0.3) is 0 Å². The predicted molar refractivity (Wildman–Crippen MR) is 118 cm³/mol. The summed E-state index contributed by atoms with van der Waals surface area (Å²) in [5.74, 6) is -0.106. The minimum Gasteiger partial charge on any atom is -0.468 e. The molecule has 1 saturated carbocycles. The van der Waals surface area contributed by atoms with E-state index in [1.165, 1.54) is 19.6 Å².